The number of rotatable bonds is 23. The molecule has 0 aromatic rings. The molecule has 0 aliphatic carbocycles. The molecule has 0 aliphatic heterocycles. The van der Waals surface area contributed by atoms with E-state index in [1.54, 1.807) is 0 Å². The summed E-state index contributed by atoms with van der Waals surface area (Å²) in [6, 6.07) is 0. The predicted molar refractivity (Wildman–Crippen MR) is 132 cm³/mol. The minimum atomic E-state index is -1.89. The van der Waals surface area contributed by atoms with Gasteiger partial charge >= 0.3 is 0 Å². The van der Waals surface area contributed by atoms with E-state index < -0.39 is 7.14 Å². The number of hydrogen-bond donors (Lipinski definition) is 0. The normalized spacial score (nSPS) is 13.7. The molecule has 0 aliphatic rings. The lowest BCUT2D eigenvalue weighted by Gasteiger charge is -2.18. The van der Waals surface area contributed by atoms with Crippen LogP contribution in [0.2, 0.25) is 0 Å². The van der Waals surface area contributed by atoms with Gasteiger partial charge in [0, 0.05) is 18.5 Å². The molecule has 0 amide bonds. The van der Waals surface area contributed by atoms with Crippen LogP contribution in [-0.4, -0.2) is 18.5 Å². The van der Waals surface area contributed by atoms with Gasteiger partial charge in [0.05, 0.1) is 7.14 Å². The second-order valence-corrected chi connectivity index (χ2v) is 12.7. The van der Waals surface area contributed by atoms with Crippen LogP contribution in [0.5, 0.6) is 0 Å². The van der Waals surface area contributed by atoms with Crippen molar-refractivity contribution in [3.63, 3.8) is 0 Å². The molecule has 0 aromatic heterocycles. The molecule has 2 heteroatoms. The molecule has 1 atom stereocenters. The van der Waals surface area contributed by atoms with Crippen molar-refractivity contribution < 1.29 is 4.57 Å². The van der Waals surface area contributed by atoms with Crippen LogP contribution in [0, 0.1) is 0 Å². The van der Waals surface area contributed by atoms with E-state index in [9.17, 15) is 4.57 Å². The van der Waals surface area contributed by atoms with E-state index in [4.69, 9.17) is 0 Å². The maximum atomic E-state index is 13.5. The van der Waals surface area contributed by atoms with Gasteiger partial charge in [0.2, 0.25) is 0 Å². The molecule has 0 N–H and O–H groups in total. The van der Waals surface area contributed by atoms with Gasteiger partial charge in [-0.1, -0.05) is 130 Å². The summed E-state index contributed by atoms with van der Waals surface area (Å²) < 4.78 is 13.5. The average molecular weight is 415 g/mol. The van der Waals surface area contributed by atoms with Crippen LogP contribution in [0.4, 0.5) is 0 Å². The number of hydrogen-bond acceptors (Lipinski definition) is 1. The van der Waals surface area contributed by atoms with E-state index in [-0.39, 0.29) is 0 Å². The van der Waals surface area contributed by atoms with Gasteiger partial charge in [-0.05, 0) is 19.3 Å². The fourth-order valence-electron chi connectivity index (χ4n) is 4.23. The summed E-state index contributed by atoms with van der Waals surface area (Å²) in [6.07, 6.45) is 29.9. The first-order valence-electron chi connectivity index (χ1n) is 13.3. The standard InChI is InChI=1S/C26H55OP/c1-4-7-10-13-15-16-17-18-20-23-26-28(27,24-21-12-9-6-3)25-22-19-14-11-8-5-2/h4-26H2,1-3H3. The molecule has 0 aromatic carbocycles. The summed E-state index contributed by atoms with van der Waals surface area (Å²) in [5.74, 6) is 0. The summed E-state index contributed by atoms with van der Waals surface area (Å²) >= 11 is 0. The summed E-state index contributed by atoms with van der Waals surface area (Å²) in [7, 11) is -1.89. The van der Waals surface area contributed by atoms with Crippen LogP contribution in [-0.2, 0) is 4.57 Å². The summed E-state index contributed by atoms with van der Waals surface area (Å²) in [6.45, 7) is 6.83. The van der Waals surface area contributed by atoms with Gasteiger partial charge in [0.25, 0.3) is 0 Å². The molecule has 0 rings (SSSR count). The summed E-state index contributed by atoms with van der Waals surface area (Å²) in [5, 5.41) is 0. The second-order valence-electron chi connectivity index (χ2n) is 9.24. The Labute approximate surface area is 179 Å². The predicted octanol–water partition coefficient (Wildman–Crippen LogP) is 10.2. The quantitative estimate of drug-likeness (QED) is 0.120. The Kier molecular flexibility index (Phi) is 22.1. The Bertz CT molecular complexity index is 339. The molecule has 0 radical (unpaired) electrons. The minimum Gasteiger partial charge on any atom is -0.324 e. The van der Waals surface area contributed by atoms with Crippen LogP contribution in [0.15, 0.2) is 0 Å². The average Bonchev–Trinajstić information content (AvgIpc) is 2.69. The van der Waals surface area contributed by atoms with Crippen molar-refractivity contribution in [1.82, 2.24) is 0 Å². The molecule has 0 heterocycles. The van der Waals surface area contributed by atoms with Crippen LogP contribution in [0.25, 0.3) is 0 Å². The monoisotopic (exact) mass is 414 g/mol. The molecule has 1 unspecified atom stereocenters. The van der Waals surface area contributed by atoms with Gasteiger partial charge in [-0.25, -0.2) is 0 Å². The molecule has 0 saturated heterocycles. The number of unbranched alkanes of at least 4 members (excludes halogenated alkanes) is 17. The van der Waals surface area contributed by atoms with Crippen LogP contribution in [0.1, 0.15) is 149 Å². The Morgan fingerprint density at radius 3 is 0.857 bits per heavy atom. The van der Waals surface area contributed by atoms with E-state index in [2.05, 4.69) is 20.8 Å². The van der Waals surface area contributed by atoms with Crippen molar-refractivity contribution in [2.45, 2.75) is 149 Å². The lowest BCUT2D eigenvalue weighted by Crippen LogP contribution is -2.02. The van der Waals surface area contributed by atoms with E-state index in [0.717, 1.165) is 18.5 Å². The highest BCUT2D eigenvalue weighted by atomic mass is 31.2. The molecule has 170 valence electrons. The fourth-order valence-corrected chi connectivity index (χ4v) is 7.30. The van der Waals surface area contributed by atoms with Gasteiger partial charge < -0.3 is 4.57 Å². The zero-order valence-corrected chi connectivity index (χ0v) is 21.0. The minimum absolute atomic E-state index is 1.04. The van der Waals surface area contributed by atoms with Crippen molar-refractivity contribution in [3.8, 4) is 0 Å². The first-order chi connectivity index (χ1) is 13.7. The lowest BCUT2D eigenvalue weighted by molar-refractivity contribution is 0.550. The molecule has 0 saturated carbocycles. The van der Waals surface area contributed by atoms with Gasteiger partial charge in [0.1, 0.15) is 0 Å². The van der Waals surface area contributed by atoms with Crippen LogP contribution < -0.4 is 0 Å². The molecule has 0 spiro atoms. The maximum Gasteiger partial charge on any atom is 0.0877 e. The largest absolute Gasteiger partial charge is 0.324 e. The molecule has 0 bridgehead atoms. The zero-order valence-electron chi connectivity index (χ0n) is 20.1. The topological polar surface area (TPSA) is 17.1 Å². The smallest absolute Gasteiger partial charge is 0.0877 e. The molecule has 28 heavy (non-hydrogen) atoms. The van der Waals surface area contributed by atoms with Crippen molar-refractivity contribution in [1.29, 1.82) is 0 Å². The summed E-state index contributed by atoms with van der Waals surface area (Å²) in [4.78, 5) is 0. The molecular weight excluding hydrogens is 359 g/mol. The second kappa shape index (κ2) is 21.9. The highest BCUT2D eigenvalue weighted by Crippen LogP contribution is 2.48. The fraction of sp³-hybridized carbons (Fsp3) is 1.00. The SMILES string of the molecule is CCCCCCCCCCCCP(=O)(CCCCCC)CCCCCCCC. The van der Waals surface area contributed by atoms with Gasteiger partial charge in [-0.2, -0.15) is 0 Å². The first kappa shape index (κ1) is 28.2. The molecular formula is C26H55OP. The highest BCUT2D eigenvalue weighted by molar-refractivity contribution is 7.63. The van der Waals surface area contributed by atoms with E-state index in [1.165, 1.54) is 128 Å². The zero-order chi connectivity index (χ0) is 20.8. The Morgan fingerprint density at radius 1 is 0.357 bits per heavy atom. The van der Waals surface area contributed by atoms with Crippen molar-refractivity contribution >= 4 is 7.14 Å². The van der Waals surface area contributed by atoms with Crippen molar-refractivity contribution in [2.24, 2.45) is 0 Å². The van der Waals surface area contributed by atoms with Crippen LogP contribution in [0.3, 0.4) is 0 Å². The third-order valence-corrected chi connectivity index (χ3v) is 9.65. The first-order valence-corrected chi connectivity index (χ1v) is 15.5. The van der Waals surface area contributed by atoms with Gasteiger partial charge in [0.15, 0.2) is 0 Å². The Hall–Kier alpha value is 0.230. The van der Waals surface area contributed by atoms with E-state index in [1.807, 2.05) is 0 Å². The van der Waals surface area contributed by atoms with Gasteiger partial charge in [-0.15, -0.1) is 0 Å². The van der Waals surface area contributed by atoms with E-state index in [0.29, 0.717) is 0 Å². The van der Waals surface area contributed by atoms with Crippen molar-refractivity contribution in [2.75, 3.05) is 18.5 Å². The maximum absolute atomic E-state index is 13.5. The highest BCUT2D eigenvalue weighted by Gasteiger charge is 2.20. The molecule has 0 fully saturated rings. The van der Waals surface area contributed by atoms with Crippen molar-refractivity contribution in [3.05, 3.63) is 0 Å². The Balaban J connectivity index is 3.91. The van der Waals surface area contributed by atoms with Gasteiger partial charge in [-0.3, -0.25) is 0 Å². The third kappa shape index (κ3) is 19.5. The molecule has 1 nitrogen and oxygen atoms in total. The van der Waals surface area contributed by atoms with E-state index >= 15 is 0 Å². The summed E-state index contributed by atoms with van der Waals surface area (Å²) in [5.41, 5.74) is 0. The third-order valence-electron chi connectivity index (χ3n) is 6.26. The Morgan fingerprint density at radius 2 is 0.571 bits per heavy atom. The lowest BCUT2D eigenvalue weighted by atomic mass is 10.1. The van der Waals surface area contributed by atoms with Crippen LogP contribution >= 0.6 is 7.14 Å².